The third kappa shape index (κ3) is 3.58. The predicted molar refractivity (Wildman–Crippen MR) is 83.5 cm³/mol. The predicted octanol–water partition coefficient (Wildman–Crippen LogP) is 3.42. The van der Waals surface area contributed by atoms with Gasteiger partial charge in [-0.05, 0) is 59.8 Å². The molecule has 1 aliphatic rings. The van der Waals surface area contributed by atoms with E-state index in [4.69, 9.17) is 21.1 Å². The van der Waals surface area contributed by atoms with Crippen LogP contribution < -0.4 is 0 Å². The first kappa shape index (κ1) is 16.7. The van der Waals surface area contributed by atoms with Crippen LogP contribution in [0.5, 0.6) is 0 Å². The van der Waals surface area contributed by atoms with E-state index in [2.05, 4.69) is 10.2 Å². The van der Waals surface area contributed by atoms with Gasteiger partial charge in [0, 0.05) is 0 Å². The smallest absolute Gasteiger partial charge is 0.330 e. The molecule has 0 spiro atoms. The van der Waals surface area contributed by atoms with Crippen molar-refractivity contribution in [3.05, 3.63) is 34.8 Å². The van der Waals surface area contributed by atoms with Gasteiger partial charge < -0.3 is 9.47 Å². The van der Waals surface area contributed by atoms with Gasteiger partial charge >= 0.3 is 5.97 Å². The fourth-order valence-corrected chi connectivity index (χ4v) is 2.05. The normalized spacial score (nSPS) is 21.1. The fourth-order valence-electron chi connectivity index (χ4n) is 1.95. The lowest BCUT2D eigenvalue weighted by molar-refractivity contribution is -0.158. The number of aromatic nitrogens is 2. The monoisotopic (exact) mass is 324 g/mol. The number of halogens is 1. The molecule has 6 heteroatoms. The van der Waals surface area contributed by atoms with Crippen LogP contribution in [0.2, 0.25) is 5.15 Å². The Balaban J connectivity index is 2.32. The highest BCUT2D eigenvalue weighted by molar-refractivity contribution is 6.29. The van der Waals surface area contributed by atoms with E-state index < -0.39 is 22.6 Å². The van der Waals surface area contributed by atoms with Gasteiger partial charge in [-0.1, -0.05) is 11.6 Å². The van der Waals surface area contributed by atoms with Crippen molar-refractivity contribution in [1.82, 2.24) is 10.2 Å². The maximum absolute atomic E-state index is 12.7. The van der Waals surface area contributed by atoms with Gasteiger partial charge in [-0.15, -0.1) is 5.10 Å². The lowest BCUT2D eigenvalue weighted by Crippen LogP contribution is -2.36. The summed E-state index contributed by atoms with van der Waals surface area (Å²) in [7, 11) is 0. The molecule has 1 heterocycles. The Morgan fingerprint density at radius 3 is 2.18 bits per heavy atom. The quantitative estimate of drug-likeness (QED) is 0.797. The molecular formula is C16H21ClN2O3. The summed E-state index contributed by atoms with van der Waals surface area (Å²) in [6, 6.07) is 3.26. The van der Waals surface area contributed by atoms with Crippen LogP contribution in [0.3, 0.4) is 0 Å². The van der Waals surface area contributed by atoms with E-state index in [0.29, 0.717) is 11.5 Å². The number of carbonyl (C=O) groups is 1. The van der Waals surface area contributed by atoms with Crippen LogP contribution in [-0.4, -0.2) is 27.4 Å². The van der Waals surface area contributed by atoms with Crippen LogP contribution in [0.4, 0.5) is 0 Å². The molecule has 0 saturated carbocycles. The molecule has 1 aromatic heterocycles. The zero-order valence-corrected chi connectivity index (χ0v) is 14.5. The highest BCUT2D eigenvalue weighted by atomic mass is 35.5. The van der Waals surface area contributed by atoms with Crippen LogP contribution in [-0.2, 0) is 19.7 Å². The Morgan fingerprint density at radius 2 is 1.73 bits per heavy atom. The van der Waals surface area contributed by atoms with E-state index in [9.17, 15) is 4.79 Å². The molecule has 5 nitrogen and oxygen atoms in total. The minimum absolute atomic E-state index is 0.266. The lowest BCUT2D eigenvalue weighted by atomic mass is 9.98. The van der Waals surface area contributed by atoms with E-state index in [1.807, 2.05) is 41.5 Å². The van der Waals surface area contributed by atoms with E-state index in [1.165, 1.54) is 0 Å². The number of rotatable bonds is 3. The molecule has 0 radical (unpaired) electrons. The summed E-state index contributed by atoms with van der Waals surface area (Å²) in [5.74, 6) is 0.113. The summed E-state index contributed by atoms with van der Waals surface area (Å²) in [4.78, 5) is 12.7. The van der Waals surface area contributed by atoms with E-state index in [1.54, 1.807) is 18.2 Å². The number of hydrogen-bond donors (Lipinski definition) is 0. The van der Waals surface area contributed by atoms with Crippen LogP contribution in [0.1, 0.15) is 47.2 Å². The molecule has 1 aromatic rings. The van der Waals surface area contributed by atoms with Crippen LogP contribution >= 0.6 is 11.6 Å². The second-order valence-electron chi connectivity index (χ2n) is 7.27. The van der Waals surface area contributed by atoms with Crippen molar-refractivity contribution in [2.24, 2.45) is 0 Å². The van der Waals surface area contributed by atoms with Crippen molar-refractivity contribution in [3.63, 3.8) is 0 Å². The van der Waals surface area contributed by atoms with E-state index in [0.717, 1.165) is 0 Å². The standard InChI is InChI=1S/C16H21ClN2O3/c1-14(2,3)21-11-9-16(11,13(20)22-15(4,5)6)10-7-8-12(17)19-18-10/h7-9H,1-6H3. The summed E-state index contributed by atoms with van der Waals surface area (Å²) in [6.07, 6.45) is 1.71. The van der Waals surface area contributed by atoms with Gasteiger partial charge in [0.05, 0.1) is 5.69 Å². The second kappa shape index (κ2) is 5.23. The molecule has 0 aliphatic heterocycles. The van der Waals surface area contributed by atoms with Crippen molar-refractivity contribution in [2.75, 3.05) is 0 Å². The minimum atomic E-state index is -1.10. The Bertz CT molecular complexity index is 612. The van der Waals surface area contributed by atoms with Gasteiger partial charge in [-0.3, -0.25) is 4.79 Å². The van der Waals surface area contributed by atoms with Gasteiger partial charge in [0.1, 0.15) is 17.0 Å². The summed E-state index contributed by atoms with van der Waals surface area (Å²) in [6.45, 7) is 11.2. The molecule has 0 N–H and O–H groups in total. The van der Waals surface area contributed by atoms with Crippen molar-refractivity contribution >= 4 is 17.6 Å². The highest BCUT2D eigenvalue weighted by Crippen LogP contribution is 2.49. The fraction of sp³-hybridized carbons (Fsp3) is 0.562. The SMILES string of the molecule is CC(C)(C)OC(=O)C1(c2ccc(Cl)nn2)C=C1OC(C)(C)C. The van der Waals surface area contributed by atoms with Gasteiger partial charge in [-0.2, -0.15) is 5.10 Å². The molecule has 0 fully saturated rings. The number of esters is 1. The van der Waals surface area contributed by atoms with E-state index >= 15 is 0 Å². The third-order valence-electron chi connectivity index (χ3n) is 2.83. The van der Waals surface area contributed by atoms with Crippen LogP contribution in [0, 0.1) is 0 Å². The molecule has 0 aromatic carbocycles. The summed E-state index contributed by atoms with van der Waals surface area (Å²) < 4.78 is 11.4. The molecule has 1 unspecified atom stereocenters. The molecule has 1 aliphatic carbocycles. The first-order valence-corrected chi connectivity index (χ1v) is 7.47. The van der Waals surface area contributed by atoms with Crippen molar-refractivity contribution < 1.29 is 14.3 Å². The number of nitrogens with zero attached hydrogens (tertiary/aromatic N) is 2. The number of carbonyl (C=O) groups excluding carboxylic acids is 1. The van der Waals surface area contributed by atoms with Gasteiger partial charge in [0.15, 0.2) is 10.6 Å². The summed E-state index contributed by atoms with van der Waals surface area (Å²) >= 11 is 5.77. The van der Waals surface area contributed by atoms with Crippen LogP contribution in [0.25, 0.3) is 0 Å². The van der Waals surface area contributed by atoms with E-state index in [-0.39, 0.29) is 5.15 Å². The second-order valence-corrected chi connectivity index (χ2v) is 7.66. The van der Waals surface area contributed by atoms with Crippen LogP contribution in [0.15, 0.2) is 24.0 Å². The lowest BCUT2D eigenvalue weighted by Gasteiger charge is -2.26. The Hall–Kier alpha value is -1.62. The molecule has 1 atom stereocenters. The van der Waals surface area contributed by atoms with Crippen molar-refractivity contribution in [2.45, 2.75) is 58.2 Å². The van der Waals surface area contributed by atoms with Gasteiger partial charge in [-0.25, -0.2) is 0 Å². The number of hydrogen-bond acceptors (Lipinski definition) is 5. The first-order chi connectivity index (χ1) is 9.94. The highest BCUT2D eigenvalue weighted by Gasteiger charge is 2.59. The molecule has 0 amide bonds. The molecule has 2 rings (SSSR count). The van der Waals surface area contributed by atoms with Crippen molar-refractivity contribution in [1.29, 1.82) is 0 Å². The Morgan fingerprint density at radius 1 is 1.09 bits per heavy atom. The Labute approximate surface area is 135 Å². The number of ether oxygens (including phenoxy) is 2. The first-order valence-electron chi connectivity index (χ1n) is 7.09. The topological polar surface area (TPSA) is 61.3 Å². The zero-order valence-electron chi connectivity index (χ0n) is 13.7. The van der Waals surface area contributed by atoms with Gasteiger partial charge in [0.25, 0.3) is 0 Å². The third-order valence-corrected chi connectivity index (χ3v) is 3.03. The van der Waals surface area contributed by atoms with Gasteiger partial charge in [0.2, 0.25) is 0 Å². The average Bonchev–Trinajstić information content (AvgIpc) is 3.00. The average molecular weight is 325 g/mol. The Kier molecular flexibility index (Phi) is 3.98. The summed E-state index contributed by atoms with van der Waals surface area (Å²) in [5.41, 5.74) is -1.67. The maximum Gasteiger partial charge on any atom is 0.330 e. The zero-order chi connectivity index (χ0) is 16.8. The van der Waals surface area contributed by atoms with Crippen molar-refractivity contribution in [3.8, 4) is 0 Å². The largest absolute Gasteiger partial charge is 0.491 e. The summed E-state index contributed by atoms with van der Waals surface area (Å²) in [5, 5.41) is 8.11. The molecule has 120 valence electrons. The molecule has 22 heavy (non-hydrogen) atoms. The molecular weight excluding hydrogens is 304 g/mol. The molecule has 0 saturated heterocycles. The minimum Gasteiger partial charge on any atom is -0.491 e. The molecule has 0 bridgehead atoms. The maximum atomic E-state index is 12.7.